The van der Waals surface area contributed by atoms with Crippen LogP contribution >= 0.6 is 0 Å². The van der Waals surface area contributed by atoms with Gasteiger partial charge in [0, 0.05) is 0 Å². The van der Waals surface area contributed by atoms with Crippen LogP contribution in [0.4, 0.5) is 0 Å². The standard InChI is InChI=1S/C15H22BNO5/c1-8(2)13(15(19)21-4)17-14(18)11-6-5-10-7-22-16(20)12(10)9(11)3/h5,8,11,13,20H,6-7H2,1-4H3,(H,17,18). The number of carbonyl (C=O) groups is 2. The van der Waals surface area contributed by atoms with Crippen molar-refractivity contribution in [1.82, 2.24) is 5.32 Å². The lowest BCUT2D eigenvalue weighted by Gasteiger charge is -2.26. The Kier molecular flexibility index (Phi) is 5.08. The third-order valence-electron chi connectivity index (χ3n) is 4.27. The highest BCUT2D eigenvalue weighted by Crippen LogP contribution is 2.35. The first-order valence-electron chi connectivity index (χ1n) is 7.44. The lowest BCUT2D eigenvalue weighted by atomic mass is 9.69. The number of rotatable bonds is 4. The zero-order chi connectivity index (χ0) is 16.4. The molecule has 0 aromatic rings. The summed E-state index contributed by atoms with van der Waals surface area (Å²) in [6, 6.07) is -0.676. The van der Waals surface area contributed by atoms with Crippen molar-refractivity contribution in [3.8, 4) is 0 Å². The van der Waals surface area contributed by atoms with E-state index in [1.54, 1.807) is 0 Å². The van der Waals surface area contributed by atoms with Crippen LogP contribution in [0.15, 0.2) is 22.7 Å². The van der Waals surface area contributed by atoms with Gasteiger partial charge in [0.2, 0.25) is 5.91 Å². The van der Waals surface area contributed by atoms with Crippen LogP contribution in [0, 0.1) is 11.8 Å². The fraction of sp³-hybridized carbons (Fsp3) is 0.600. The minimum absolute atomic E-state index is 0.0699. The number of allylic oxidation sites excluding steroid dienone is 1. The fourth-order valence-corrected chi connectivity index (χ4v) is 2.91. The van der Waals surface area contributed by atoms with Crippen molar-refractivity contribution in [2.45, 2.75) is 33.2 Å². The molecule has 6 nitrogen and oxygen atoms in total. The number of hydrogen-bond donors (Lipinski definition) is 2. The normalized spacial score (nSPS) is 22.4. The molecule has 0 saturated carbocycles. The summed E-state index contributed by atoms with van der Waals surface area (Å²) in [6.07, 6.45) is 2.46. The number of ether oxygens (including phenoxy) is 1. The third-order valence-corrected chi connectivity index (χ3v) is 4.27. The SMILES string of the molecule is COC(=O)C(NC(=O)C1CC=C2COB(O)C2=C1C)C(C)C. The van der Waals surface area contributed by atoms with Crippen molar-refractivity contribution in [2.75, 3.05) is 13.7 Å². The molecule has 1 heterocycles. The van der Waals surface area contributed by atoms with Gasteiger partial charge in [-0.1, -0.05) is 25.5 Å². The Morgan fingerprint density at radius 1 is 1.50 bits per heavy atom. The van der Waals surface area contributed by atoms with E-state index in [0.29, 0.717) is 18.5 Å². The molecule has 0 spiro atoms. The van der Waals surface area contributed by atoms with Crippen LogP contribution < -0.4 is 5.32 Å². The monoisotopic (exact) mass is 307 g/mol. The van der Waals surface area contributed by atoms with Gasteiger partial charge in [0.05, 0.1) is 19.6 Å². The summed E-state index contributed by atoms with van der Waals surface area (Å²) in [4.78, 5) is 24.3. The van der Waals surface area contributed by atoms with Crippen LogP contribution in [0.25, 0.3) is 0 Å². The van der Waals surface area contributed by atoms with Crippen LogP contribution in [-0.4, -0.2) is 43.8 Å². The lowest BCUT2D eigenvalue weighted by molar-refractivity contribution is -0.146. The van der Waals surface area contributed by atoms with Crippen LogP contribution in [0.3, 0.4) is 0 Å². The van der Waals surface area contributed by atoms with Gasteiger partial charge in [0.1, 0.15) is 6.04 Å². The molecule has 2 atom stereocenters. The van der Waals surface area contributed by atoms with Crippen molar-refractivity contribution >= 4 is 19.0 Å². The van der Waals surface area contributed by atoms with E-state index < -0.39 is 25.0 Å². The summed E-state index contributed by atoms with van der Waals surface area (Å²) in [5.41, 5.74) is 2.44. The molecule has 2 aliphatic rings. The first-order valence-corrected chi connectivity index (χ1v) is 7.44. The maximum atomic E-state index is 12.5. The van der Waals surface area contributed by atoms with Crippen molar-refractivity contribution < 1.29 is 24.0 Å². The van der Waals surface area contributed by atoms with E-state index in [2.05, 4.69) is 5.32 Å². The molecule has 2 N–H and O–H groups in total. The van der Waals surface area contributed by atoms with E-state index in [-0.39, 0.29) is 11.8 Å². The molecule has 2 unspecified atom stereocenters. The van der Waals surface area contributed by atoms with Gasteiger partial charge in [0.25, 0.3) is 0 Å². The molecular formula is C15H22BNO5. The highest BCUT2D eigenvalue weighted by molar-refractivity contribution is 6.55. The second kappa shape index (κ2) is 6.66. The Bertz CT molecular complexity index is 540. The quantitative estimate of drug-likeness (QED) is 0.587. The molecule has 1 saturated heterocycles. The zero-order valence-electron chi connectivity index (χ0n) is 13.4. The first-order chi connectivity index (χ1) is 10.4. The predicted molar refractivity (Wildman–Crippen MR) is 81.6 cm³/mol. The Labute approximate surface area is 130 Å². The van der Waals surface area contributed by atoms with Crippen molar-refractivity contribution in [1.29, 1.82) is 0 Å². The molecule has 0 bridgehead atoms. The van der Waals surface area contributed by atoms with Crippen LogP contribution in [-0.2, 0) is 19.0 Å². The number of methoxy groups -OCH3 is 1. The molecule has 1 aliphatic heterocycles. The minimum Gasteiger partial charge on any atom is -0.467 e. The predicted octanol–water partition coefficient (Wildman–Crippen LogP) is 0.613. The third kappa shape index (κ3) is 3.10. The van der Waals surface area contributed by atoms with Gasteiger partial charge in [-0.3, -0.25) is 4.79 Å². The summed E-state index contributed by atoms with van der Waals surface area (Å²) < 4.78 is 9.93. The lowest BCUT2D eigenvalue weighted by Crippen LogP contribution is -2.47. The number of hydrogen-bond acceptors (Lipinski definition) is 5. The van der Waals surface area contributed by atoms with Gasteiger partial charge in [-0.05, 0) is 30.3 Å². The Morgan fingerprint density at radius 3 is 2.77 bits per heavy atom. The second-order valence-electron chi connectivity index (χ2n) is 6.03. The molecular weight excluding hydrogens is 285 g/mol. The van der Waals surface area contributed by atoms with Gasteiger partial charge in [-0.2, -0.15) is 0 Å². The molecule has 1 aliphatic carbocycles. The average Bonchev–Trinajstić information content (AvgIpc) is 2.86. The summed E-state index contributed by atoms with van der Waals surface area (Å²) in [5.74, 6) is -1.16. The molecule has 7 heteroatoms. The molecule has 2 rings (SSSR count). The smallest absolute Gasteiger partial charge is 0.467 e. The summed E-state index contributed by atoms with van der Waals surface area (Å²) >= 11 is 0. The van der Waals surface area contributed by atoms with E-state index in [1.807, 2.05) is 26.8 Å². The largest absolute Gasteiger partial charge is 0.491 e. The molecule has 1 fully saturated rings. The van der Waals surface area contributed by atoms with Gasteiger partial charge in [-0.15, -0.1) is 0 Å². The van der Waals surface area contributed by atoms with Gasteiger partial charge >= 0.3 is 13.1 Å². The second-order valence-corrected chi connectivity index (χ2v) is 6.03. The van der Waals surface area contributed by atoms with E-state index in [1.165, 1.54) is 7.11 Å². The Hall–Kier alpha value is -1.60. The van der Waals surface area contributed by atoms with Crippen molar-refractivity contribution in [3.05, 3.63) is 22.7 Å². The maximum Gasteiger partial charge on any atom is 0.491 e. The van der Waals surface area contributed by atoms with Gasteiger partial charge < -0.3 is 19.7 Å². The molecule has 0 aromatic carbocycles. The van der Waals surface area contributed by atoms with Gasteiger partial charge in [-0.25, -0.2) is 4.79 Å². The number of nitrogens with one attached hydrogen (secondary N) is 1. The van der Waals surface area contributed by atoms with Crippen LogP contribution in [0.1, 0.15) is 27.2 Å². The number of fused-ring (bicyclic) bond motifs is 1. The maximum absolute atomic E-state index is 12.5. The zero-order valence-corrected chi connectivity index (χ0v) is 13.4. The molecule has 120 valence electrons. The number of esters is 1. The average molecular weight is 307 g/mol. The van der Waals surface area contributed by atoms with Crippen molar-refractivity contribution in [3.63, 3.8) is 0 Å². The fourth-order valence-electron chi connectivity index (χ4n) is 2.91. The Morgan fingerprint density at radius 2 is 2.18 bits per heavy atom. The summed E-state index contributed by atoms with van der Waals surface area (Å²) in [7, 11) is 0.335. The summed E-state index contributed by atoms with van der Waals surface area (Å²) in [6.45, 7) is 5.90. The Balaban J connectivity index is 2.15. The minimum atomic E-state index is -0.969. The number of carbonyl (C=O) groups excluding carboxylic acids is 2. The van der Waals surface area contributed by atoms with E-state index in [0.717, 1.165) is 11.1 Å². The van der Waals surface area contributed by atoms with E-state index in [9.17, 15) is 14.6 Å². The number of amides is 1. The van der Waals surface area contributed by atoms with Crippen molar-refractivity contribution in [2.24, 2.45) is 11.8 Å². The van der Waals surface area contributed by atoms with Crippen LogP contribution in [0.5, 0.6) is 0 Å². The first kappa shape index (κ1) is 16.8. The van der Waals surface area contributed by atoms with E-state index >= 15 is 0 Å². The molecule has 0 aromatic heterocycles. The summed E-state index contributed by atoms with van der Waals surface area (Å²) in [5, 5.41) is 12.6. The molecule has 1 amide bonds. The topological polar surface area (TPSA) is 84.9 Å². The highest BCUT2D eigenvalue weighted by atomic mass is 16.5. The van der Waals surface area contributed by atoms with Crippen LogP contribution in [0.2, 0.25) is 0 Å². The molecule has 0 radical (unpaired) electrons. The van der Waals surface area contributed by atoms with Gasteiger partial charge in [0.15, 0.2) is 0 Å². The highest BCUT2D eigenvalue weighted by Gasteiger charge is 2.38. The molecule has 22 heavy (non-hydrogen) atoms. The van der Waals surface area contributed by atoms with E-state index in [4.69, 9.17) is 9.39 Å².